The van der Waals surface area contributed by atoms with Crippen molar-refractivity contribution in [1.82, 2.24) is 9.80 Å². The van der Waals surface area contributed by atoms with Crippen molar-refractivity contribution in [3.63, 3.8) is 0 Å². The van der Waals surface area contributed by atoms with E-state index in [1.54, 1.807) is 0 Å². The number of carbonyl (C=O) groups is 2. The van der Waals surface area contributed by atoms with Gasteiger partial charge in [-0.05, 0) is 42.0 Å². The number of rotatable bonds is 10. The van der Waals surface area contributed by atoms with E-state index < -0.39 is 5.92 Å². The lowest BCUT2D eigenvalue weighted by molar-refractivity contribution is -0.143. The van der Waals surface area contributed by atoms with Crippen LogP contribution in [0.2, 0.25) is 5.02 Å². The summed E-state index contributed by atoms with van der Waals surface area (Å²) in [4.78, 5) is 30.2. The van der Waals surface area contributed by atoms with Crippen molar-refractivity contribution in [3.05, 3.63) is 70.7 Å². The Kier molecular flexibility index (Phi) is 9.54. The Bertz CT molecular complexity index is 924. The van der Waals surface area contributed by atoms with Crippen LogP contribution in [0.5, 0.6) is 0 Å². The maximum absolute atomic E-state index is 13.6. The van der Waals surface area contributed by atoms with Gasteiger partial charge in [-0.25, -0.2) is 0 Å². The highest BCUT2D eigenvalue weighted by atomic mass is 35.5. The van der Waals surface area contributed by atoms with E-state index in [-0.39, 0.29) is 23.8 Å². The van der Waals surface area contributed by atoms with E-state index in [1.807, 2.05) is 30.0 Å². The summed E-state index contributed by atoms with van der Waals surface area (Å²) in [5.74, 6) is -0.699. The third-order valence-electron chi connectivity index (χ3n) is 6.79. The molecule has 2 aromatic rings. The van der Waals surface area contributed by atoms with Crippen molar-refractivity contribution in [2.75, 3.05) is 26.2 Å². The van der Waals surface area contributed by atoms with Gasteiger partial charge in [0, 0.05) is 43.0 Å². The quantitative estimate of drug-likeness (QED) is 0.509. The number of nitrogens with two attached hydrogens (primary N) is 1. The molecule has 0 saturated carbocycles. The lowest BCUT2D eigenvalue weighted by Gasteiger charge is -2.41. The van der Waals surface area contributed by atoms with Crippen LogP contribution in [0.15, 0.2) is 54.6 Å². The maximum atomic E-state index is 13.6. The summed E-state index contributed by atoms with van der Waals surface area (Å²) in [6.45, 7) is 9.03. The van der Waals surface area contributed by atoms with Gasteiger partial charge in [0.05, 0.1) is 6.04 Å². The first-order chi connectivity index (χ1) is 16.3. The zero-order valence-electron chi connectivity index (χ0n) is 20.6. The van der Waals surface area contributed by atoms with Gasteiger partial charge in [-0.15, -0.1) is 0 Å². The summed E-state index contributed by atoms with van der Waals surface area (Å²) >= 11 is 6.15. The molecule has 0 bridgehead atoms. The Morgan fingerprint density at radius 3 is 2.03 bits per heavy atom. The van der Waals surface area contributed by atoms with Crippen molar-refractivity contribution >= 4 is 23.4 Å². The number of hydrogen-bond donors (Lipinski definition) is 1. The summed E-state index contributed by atoms with van der Waals surface area (Å²) in [5, 5.41) is 0.721. The molecule has 1 aliphatic rings. The second kappa shape index (κ2) is 12.4. The van der Waals surface area contributed by atoms with Gasteiger partial charge in [0.15, 0.2) is 0 Å². The van der Waals surface area contributed by atoms with Crippen LogP contribution in [0.1, 0.15) is 57.2 Å². The molecular weight excluding hydrogens is 446 g/mol. The number of piperazine rings is 1. The molecule has 1 fully saturated rings. The monoisotopic (exact) mass is 483 g/mol. The van der Waals surface area contributed by atoms with Crippen LogP contribution < -0.4 is 5.73 Å². The molecule has 0 radical (unpaired) electrons. The predicted octanol–water partition coefficient (Wildman–Crippen LogP) is 5.14. The fourth-order valence-corrected chi connectivity index (χ4v) is 5.25. The van der Waals surface area contributed by atoms with E-state index in [0.29, 0.717) is 31.8 Å². The zero-order chi connectivity index (χ0) is 24.7. The molecule has 0 aromatic heterocycles. The second-order valence-electron chi connectivity index (χ2n) is 9.76. The van der Waals surface area contributed by atoms with Crippen LogP contribution in [-0.2, 0) is 9.59 Å². The summed E-state index contributed by atoms with van der Waals surface area (Å²) in [5.41, 5.74) is 8.15. The van der Waals surface area contributed by atoms with Crippen molar-refractivity contribution in [2.24, 2.45) is 23.5 Å². The minimum Gasteiger partial charge on any atom is -0.369 e. The van der Waals surface area contributed by atoms with Gasteiger partial charge in [-0.2, -0.15) is 0 Å². The largest absolute Gasteiger partial charge is 0.369 e. The lowest BCUT2D eigenvalue weighted by atomic mass is 9.81. The number of halogens is 1. The molecule has 2 N–H and O–H groups in total. The summed E-state index contributed by atoms with van der Waals surface area (Å²) in [6, 6.07) is 18.6. The van der Waals surface area contributed by atoms with Gasteiger partial charge < -0.3 is 10.6 Å². The van der Waals surface area contributed by atoms with E-state index in [0.717, 1.165) is 24.5 Å². The van der Waals surface area contributed by atoms with Crippen LogP contribution in [0, 0.1) is 17.8 Å². The fraction of sp³-hybridized carbons (Fsp3) is 0.500. The molecule has 6 heteroatoms. The average molecular weight is 484 g/mol. The zero-order valence-corrected chi connectivity index (χ0v) is 21.4. The number of benzene rings is 2. The molecule has 1 unspecified atom stereocenters. The average Bonchev–Trinajstić information content (AvgIpc) is 2.83. The summed E-state index contributed by atoms with van der Waals surface area (Å²) < 4.78 is 0. The molecular formula is C28H38ClN3O2. The highest BCUT2D eigenvalue weighted by molar-refractivity contribution is 6.30. The number of primary amides is 1. The topological polar surface area (TPSA) is 66.6 Å². The van der Waals surface area contributed by atoms with Gasteiger partial charge >= 0.3 is 0 Å². The standard InChI is InChI=1S/C28H38ClN3O2/c1-4-8-24(27(30)33)25(19-20(2)3)28(34)32-17-15-31(16-18-32)26(21-9-6-5-7-10-21)22-11-13-23(29)14-12-22/h5-7,9-14,20,24-26H,4,8,15-19H2,1-3H3,(H2,30,33)/t24-,25+,26?/m0/s1. The number of amides is 2. The normalized spacial score (nSPS) is 17.4. The summed E-state index contributed by atoms with van der Waals surface area (Å²) in [7, 11) is 0. The fourth-order valence-electron chi connectivity index (χ4n) is 5.13. The Morgan fingerprint density at radius 2 is 1.50 bits per heavy atom. The van der Waals surface area contributed by atoms with Crippen molar-refractivity contribution in [3.8, 4) is 0 Å². The smallest absolute Gasteiger partial charge is 0.226 e. The van der Waals surface area contributed by atoms with E-state index in [2.05, 4.69) is 55.1 Å². The SMILES string of the molecule is CCC[C@H](C(N)=O)[C@@H](CC(C)C)C(=O)N1CCN(C(c2ccccc2)c2ccc(Cl)cc2)CC1. The third kappa shape index (κ3) is 6.61. The van der Waals surface area contributed by atoms with Crippen molar-refractivity contribution in [1.29, 1.82) is 0 Å². The minimum absolute atomic E-state index is 0.0772. The molecule has 5 nitrogen and oxygen atoms in total. The molecule has 0 spiro atoms. The number of carbonyl (C=O) groups excluding carboxylic acids is 2. The highest BCUT2D eigenvalue weighted by Crippen LogP contribution is 2.32. The Balaban J connectivity index is 1.77. The lowest BCUT2D eigenvalue weighted by Crippen LogP contribution is -2.53. The number of hydrogen-bond acceptors (Lipinski definition) is 3. The Labute approximate surface area is 209 Å². The van der Waals surface area contributed by atoms with E-state index in [4.69, 9.17) is 17.3 Å². The van der Waals surface area contributed by atoms with Gasteiger partial charge in [0.25, 0.3) is 0 Å². The first-order valence-corrected chi connectivity index (χ1v) is 12.8. The third-order valence-corrected chi connectivity index (χ3v) is 7.04. The second-order valence-corrected chi connectivity index (χ2v) is 10.2. The Morgan fingerprint density at radius 1 is 0.912 bits per heavy atom. The van der Waals surface area contributed by atoms with Crippen molar-refractivity contribution in [2.45, 2.75) is 46.1 Å². The first kappa shape index (κ1) is 26.2. The van der Waals surface area contributed by atoms with Crippen LogP contribution in [0.4, 0.5) is 0 Å². The van der Waals surface area contributed by atoms with Gasteiger partial charge in [-0.1, -0.05) is 81.3 Å². The molecule has 1 saturated heterocycles. The molecule has 1 heterocycles. The van der Waals surface area contributed by atoms with Gasteiger partial charge in [-0.3, -0.25) is 14.5 Å². The molecule has 184 valence electrons. The van der Waals surface area contributed by atoms with Crippen LogP contribution >= 0.6 is 11.6 Å². The van der Waals surface area contributed by atoms with E-state index in [9.17, 15) is 9.59 Å². The predicted molar refractivity (Wildman–Crippen MR) is 138 cm³/mol. The van der Waals surface area contributed by atoms with Crippen LogP contribution in [0.25, 0.3) is 0 Å². The van der Waals surface area contributed by atoms with Crippen LogP contribution in [-0.4, -0.2) is 47.8 Å². The summed E-state index contributed by atoms with van der Waals surface area (Å²) in [6.07, 6.45) is 2.18. The van der Waals surface area contributed by atoms with Crippen LogP contribution in [0.3, 0.4) is 0 Å². The Hall–Kier alpha value is -2.37. The van der Waals surface area contributed by atoms with Crippen molar-refractivity contribution < 1.29 is 9.59 Å². The number of nitrogens with zero attached hydrogens (tertiary/aromatic N) is 2. The van der Waals surface area contributed by atoms with E-state index in [1.165, 1.54) is 11.1 Å². The molecule has 3 rings (SSSR count). The van der Waals surface area contributed by atoms with E-state index >= 15 is 0 Å². The molecule has 2 aromatic carbocycles. The van der Waals surface area contributed by atoms with Gasteiger partial charge in [0.1, 0.15) is 0 Å². The van der Waals surface area contributed by atoms with Gasteiger partial charge in [0.2, 0.25) is 11.8 Å². The molecule has 0 aliphatic carbocycles. The first-order valence-electron chi connectivity index (χ1n) is 12.4. The molecule has 34 heavy (non-hydrogen) atoms. The highest BCUT2D eigenvalue weighted by Gasteiger charge is 2.37. The molecule has 1 aliphatic heterocycles. The minimum atomic E-state index is -0.399. The molecule has 2 amide bonds. The molecule has 3 atom stereocenters. The maximum Gasteiger partial charge on any atom is 0.226 e.